The number of nitrogens with zero attached hydrogens (tertiary/aromatic N) is 2. The normalized spacial score (nSPS) is 22.0. The van der Waals surface area contributed by atoms with Gasteiger partial charge in [0.2, 0.25) is 5.91 Å². The molecule has 2 N–H and O–H groups in total. The minimum absolute atomic E-state index is 0.0404. The third-order valence-corrected chi connectivity index (χ3v) is 6.34. The number of carbonyl (C=O) groups excluding carboxylic acids is 1. The van der Waals surface area contributed by atoms with E-state index in [0.29, 0.717) is 18.5 Å². The van der Waals surface area contributed by atoms with E-state index in [1.54, 1.807) is 11.3 Å². The predicted octanol–water partition coefficient (Wildman–Crippen LogP) is 2.67. The van der Waals surface area contributed by atoms with Crippen LogP contribution in [0.3, 0.4) is 0 Å². The molecular formula is C18H25N3O2S. The number of nitriles is 1. The lowest BCUT2D eigenvalue weighted by Gasteiger charge is -2.37. The first-order valence-electron chi connectivity index (χ1n) is 8.86. The highest BCUT2D eigenvalue weighted by Gasteiger charge is 2.27. The van der Waals surface area contributed by atoms with Crippen LogP contribution in [-0.2, 0) is 17.6 Å². The maximum Gasteiger partial charge on any atom is 0.226 e. The first-order valence-corrected chi connectivity index (χ1v) is 9.68. The van der Waals surface area contributed by atoms with Crippen molar-refractivity contribution in [2.24, 2.45) is 0 Å². The Kier molecular flexibility index (Phi) is 5.54. The van der Waals surface area contributed by atoms with Gasteiger partial charge in [-0.25, -0.2) is 0 Å². The Morgan fingerprint density at radius 2 is 2.29 bits per heavy atom. The van der Waals surface area contributed by atoms with Gasteiger partial charge in [0.25, 0.3) is 0 Å². The molecule has 130 valence electrons. The highest BCUT2D eigenvalue weighted by atomic mass is 32.1. The molecule has 5 nitrogen and oxygen atoms in total. The summed E-state index contributed by atoms with van der Waals surface area (Å²) in [6.07, 6.45) is 6.39. The van der Waals surface area contributed by atoms with Gasteiger partial charge >= 0.3 is 0 Å². The summed E-state index contributed by atoms with van der Waals surface area (Å²) in [5, 5.41) is 23.0. The topological polar surface area (TPSA) is 76.4 Å². The smallest absolute Gasteiger partial charge is 0.226 e. The van der Waals surface area contributed by atoms with Gasteiger partial charge in [-0.2, -0.15) is 5.26 Å². The van der Waals surface area contributed by atoms with Crippen LogP contribution in [0, 0.1) is 11.3 Å². The van der Waals surface area contributed by atoms with Gasteiger partial charge in [-0.3, -0.25) is 9.69 Å². The first kappa shape index (κ1) is 17.4. The molecule has 2 unspecified atom stereocenters. The molecule has 2 heterocycles. The Hall–Kier alpha value is -1.42. The summed E-state index contributed by atoms with van der Waals surface area (Å²) in [7, 11) is 0. The molecule has 0 bridgehead atoms. The van der Waals surface area contributed by atoms with Crippen LogP contribution in [-0.4, -0.2) is 41.1 Å². The van der Waals surface area contributed by atoms with Crippen molar-refractivity contribution in [2.45, 2.75) is 64.0 Å². The Bertz CT molecular complexity index is 647. The minimum Gasteiger partial charge on any atom is -0.392 e. The van der Waals surface area contributed by atoms with Crippen LogP contribution in [0.25, 0.3) is 0 Å². The molecule has 0 radical (unpaired) electrons. The molecule has 1 saturated heterocycles. The second-order valence-electron chi connectivity index (χ2n) is 6.81. The number of likely N-dealkylation sites (tertiary alicyclic amines) is 1. The molecule has 1 aromatic heterocycles. The predicted molar refractivity (Wildman–Crippen MR) is 95.2 cm³/mol. The lowest BCUT2D eigenvalue weighted by Crippen LogP contribution is -2.46. The standard InChI is InChI=1S/C18H25N3O2S/c1-12(22)15-6-2-3-9-21(15)10-8-17(23)20-18-14(11-19)13-5-4-7-16(13)24-18/h12,15,22H,2-10H2,1H3,(H,20,23). The number of carbonyl (C=O) groups is 1. The highest BCUT2D eigenvalue weighted by Crippen LogP contribution is 2.38. The van der Waals surface area contributed by atoms with Crippen molar-refractivity contribution in [3.63, 3.8) is 0 Å². The fourth-order valence-electron chi connectivity index (χ4n) is 3.89. The zero-order chi connectivity index (χ0) is 17.1. The van der Waals surface area contributed by atoms with Crippen LogP contribution in [0.2, 0.25) is 0 Å². The van der Waals surface area contributed by atoms with Crippen LogP contribution >= 0.6 is 11.3 Å². The molecule has 0 aromatic carbocycles. The summed E-state index contributed by atoms with van der Waals surface area (Å²) >= 11 is 1.56. The van der Waals surface area contributed by atoms with Crippen molar-refractivity contribution in [3.05, 3.63) is 16.0 Å². The second-order valence-corrected chi connectivity index (χ2v) is 7.92. The summed E-state index contributed by atoms with van der Waals surface area (Å²) in [6.45, 7) is 3.43. The van der Waals surface area contributed by atoms with E-state index in [2.05, 4.69) is 16.3 Å². The van der Waals surface area contributed by atoms with Crippen LogP contribution in [0.4, 0.5) is 5.00 Å². The van der Waals surface area contributed by atoms with E-state index in [-0.39, 0.29) is 18.1 Å². The number of amides is 1. The van der Waals surface area contributed by atoms with Gasteiger partial charge in [-0.15, -0.1) is 11.3 Å². The number of hydrogen-bond acceptors (Lipinski definition) is 5. The van der Waals surface area contributed by atoms with E-state index in [9.17, 15) is 15.2 Å². The van der Waals surface area contributed by atoms with E-state index >= 15 is 0 Å². The molecule has 3 rings (SSSR count). The molecule has 1 aliphatic heterocycles. The summed E-state index contributed by atoms with van der Waals surface area (Å²) in [6, 6.07) is 2.42. The monoisotopic (exact) mass is 347 g/mol. The van der Waals surface area contributed by atoms with Crippen molar-refractivity contribution < 1.29 is 9.90 Å². The van der Waals surface area contributed by atoms with Crippen LogP contribution < -0.4 is 5.32 Å². The zero-order valence-corrected chi connectivity index (χ0v) is 15.0. The number of hydrogen-bond donors (Lipinski definition) is 2. The summed E-state index contributed by atoms with van der Waals surface area (Å²) in [4.78, 5) is 15.8. The SMILES string of the molecule is CC(O)C1CCCCN1CCC(=O)Nc1sc2c(c1C#N)CCC2. The number of thiophene rings is 1. The molecule has 1 fully saturated rings. The molecule has 1 aliphatic carbocycles. The Morgan fingerprint density at radius 3 is 3.04 bits per heavy atom. The summed E-state index contributed by atoms with van der Waals surface area (Å²) in [5.41, 5.74) is 1.81. The van der Waals surface area contributed by atoms with E-state index in [0.717, 1.165) is 55.6 Å². The molecule has 6 heteroatoms. The Labute approximate surface area is 147 Å². The lowest BCUT2D eigenvalue weighted by molar-refractivity contribution is -0.116. The number of aryl methyl sites for hydroxylation is 1. The van der Waals surface area contributed by atoms with Gasteiger partial charge in [-0.1, -0.05) is 6.42 Å². The number of piperidine rings is 1. The molecule has 1 aromatic rings. The fourth-order valence-corrected chi connectivity index (χ4v) is 5.14. The lowest BCUT2D eigenvalue weighted by atomic mass is 9.98. The van der Waals surface area contributed by atoms with Gasteiger partial charge in [0.15, 0.2) is 0 Å². The van der Waals surface area contributed by atoms with Crippen LogP contribution in [0.1, 0.15) is 55.0 Å². The molecule has 1 amide bonds. The summed E-state index contributed by atoms with van der Waals surface area (Å²) < 4.78 is 0. The fraction of sp³-hybridized carbons (Fsp3) is 0.667. The molecule has 0 spiro atoms. The van der Waals surface area contributed by atoms with Crippen molar-refractivity contribution in [1.82, 2.24) is 4.90 Å². The quantitative estimate of drug-likeness (QED) is 0.858. The number of aliphatic hydroxyl groups is 1. The van der Waals surface area contributed by atoms with Gasteiger partial charge in [0.1, 0.15) is 11.1 Å². The van der Waals surface area contributed by atoms with E-state index in [1.807, 2.05) is 6.92 Å². The number of rotatable bonds is 5. The Balaban J connectivity index is 1.57. The molecule has 2 atom stereocenters. The van der Waals surface area contributed by atoms with E-state index in [1.165, 1.54) is 4.88 Å². The molecule has 0 saturated carbocycles. The van der Waals surface area contributed by atoms with Crippen molar-refractivity contribution in [3.8, 4) is 6.07 Å². The minimum atomic E-state index is -0.362. The third kappa shape index (κ3) is 3.64. The molecular weight excluding hydrogens is 322 g/mol. The average molecular weight is 347 g/mol. The first-order chi connectivity index (χ1) is 11.6. The average Bonchev–Trinajstić information content (AvgIpc) is 3.13. The van der Waals surface area contributed by atoms with Gasteiger partial charge in [0, 0.05) is 23.9 Å². The number of nitrogens with one attached hydrogen (secondary N) is 1. The summed E-state index contributed by atoms with van der Waals surface area (Å²) in [5.74, 6) is -0.0404. The molecule has 2 aliphatic rings. The van der Waals surface area contributed by atoms with Crippen molar-refractivity contribution in [1.29, 1.82) is 5.26 Å². The maximum absolute atomic E-state index is 12.3. The Morgan fingerprint density at radius 1 is 1.46 bits per heavy atom. The zero-order valence-electron chi connectivity index (χ0n) is 14.2. The largest absolute Gasteiger partial charge is 0.392 e. The van der Waals surface area contributed by atoms with Crippen LogP contribution in [0.5, 0.6) is 0 Å². The van der Waals surface area contributed by atoms with E-state index in [4.69, 9.17) is 0 Å². The number of aliphatic hydroxyl groups excluding tert-OH is 1. The number of fused-ring (bicyclic) bond motifs is 1. The number of anilines is 1. The van der Waals surface area contributed by atoms with Gasteiger partial charge in [-0.05, 0) is 51.1 Å². The highest BCUT2D eigenvalue weighted by molar-refractivity contribution is 7.16. The second kappa shape index (κ2) is 7.64. The van der Waals surface area contributed by atoms with Crippen molar-refractivity contribution in [2.75, 3.05) is 18.4 Å². The van der Waals surface area contributed by atoms with Gasteiger partial charge < -0.3 is 10.4 Å². The third-order valence-electron chi connectivity index (χ3n) is 5.13. The molecule has 24 heavy (non-hydrogen) atoms. The maximum atomic E-state index is 12.3. The van der Waals surface area contributed by atoms with Crippen molar-refractivity contribution >= 4 is 22.2 Å². The van der Waals surface area contributed by atoms with E-state index < -0.39 is 0 Å². The van der Waals surface area contributed by atoms with Crippen LogP contribution in [0.15, 0.2) is 0 Å². The van der Waals surface area contributed by atoms with Gasteiger partial charge in [0.05, 0.1) is 11.7 Å².